The molecule has 1 atom stereocenters. The Kier molecular flexibility index (Phi) is 3.67. The number of hydrogen-bond donors (Lipinski definition) is 3. The zero-order valence-corrected chi connectivity index (χ0v) is 9.41. The minimum atomic E-state index is -0.153. The molecule has 2 heterocycles. The molecule has 17 heavy (non-hydrogen) atoms. The number of morpholine rings is 1. The third-order valence-corrected chi connectivity index (χ3v) is 2.51. The van der Waals surface area contributed by atoms with Gasteiger partial charge in [-0.15, -0.1) is 0 Å². The number of hydrogen-bond acceptors (Lipinski definition) is 8. The quantitative estimate of drug-likeness (QED) is 0.567. The third kappa shape index (κ3) is 3.22. The van der Waals surface area contributed by atoms with Crippen molar-refractivity contribution < 1.29 is 9.84 Å². The Labute approximate surface area is 98.6 Å². The van der Waals surface area contributed by atoms with E-state index in [4.69, 9.17) is 21.3 Å². The first-order chi connectivity index (χ1) is 8.17. The van der Waals surface area contributed by atoms with E-state index in [2.05, 4.69) is 19.9 Å². The molecular formula is C9H16N6O2. The van der Waals surface area contributed by atoms with Crippen LogP contribution < -0.4 is 11.5 Å². The fourth-order valence-electron chi connectivity index (χ4n) is 1.76. The van der Waals surface area contributed by atoms with Crippen molar-refractivity contribution in [3.8, 4) is 0 Å². The second-order valence-corrected chi connectivity index (χ2v) is 3.88. The zero-order chi connectivity index (χ0) is 12.3. The molecule has 2 rings (SSSR count). The summed E-state index contributed by atoms with van der Waals surface area (Å²) in [7, 11) is 0. The van der Waals surface area contributed by atoms with Crippen LogP contribution in [0.25, 0.3) is 0 Å². The second-order valence-electron chi connectivity index (χ2n) is 3.88. The average molecular weight is 240 g/mol. The first-order valence-corrected chi connectivity index (χ1v) is 5.38. The van der Waals surface area contributed by atoms with Gasteiger partial charge < -0.3 is 21.3 Å². The Balaban J connectivity index is 2.00. The molecule has 1 aromatic heterocycles. The van der Waals surface area contributed by atoms with E-state index in [-0.39, 0.29) is 24.6 Å². The topological polar surface area (TPSA) is 123 Å². The van der Waals surface area contributed by atoms with Gasteiger partial charge in [0.15, 0.2) is 0 Å². The maximum atomic E-state index is 9.03. The van der Waals surface area contributed by atoms with Crippen LogP contribution in [0.5, 0.6) is 0 Å². The smallest absolute Gasteiger partial charge is 0.225 e. The molecule has 0 spiro atoms. The van der Waals surface area contributed by atoms with Crippen LogP contribution in [0.1, 0.15) is 5.82 Å². The lowest BCUT2D eigenvalue weighted by atomic mass is 10.3. The number of aliphatic hydroxyl groups excluding tert-OH is 1. The Morgan fingerprint density at radius 1 is 1.29 bits per heavy atom. The van der Waals surface area contributed by atoms with E-state index in [0.717, 1.165) is 6.54 Å². The maximum absolute atomic E-state index is 9.03. The predicted octanol–water partition coefficient (Wildman–Crippen LogP) is -1.77. The molecule has 1 aliphatic heterocycles. The average Bonchev–Trinajstić information content (AvgIpc) is 2.28. The van der Waals surface area contributed by atoms with Crippen molar-refractivity contribution in [2.75, 3.05) is 37.8 Å². The van der Waals surface area contributed by atoms with Crippen LogP contribution in [0.2, 0.25) is 0 Å². The predicted molar refractivity (Wildman–Crippen MR) is 60.8 cm³/mol. The fourth-order valence-corrected chi connectivity index (χ4v) is 1.76. The molecule has 1 fully saturated rings. The van der Waals surface area contributed by atoms with Crippen molar-refractivity contribution in [3.05, 3.63) is 5.82 Å². The minimum absolute atomic E-state index is 0.0119. The van der Waals surface area contributed by atoms with Crippen molar-refractivity contribution in [2.45, 2.75) is 12.6 Å². The van der Waals surface area contributed by atoms with Gasteiger partial charge in [-0.2, -0.15) is 15.0 Å². The van der Waals surface area contributed by atoms with E-state index >= 15 is 0 Å². The van der Waals surface area contributed by atoms with Crippen LogP contribution in [0, 0.1) is 0 Å². The van der Waals surface area contributed by atoms with Gasteiger partial charge in [-0.25, -0.2) is 0 Å². The SMILES string of the molecule is Nc1nc(N)nc(CN2CCOC(CO)C2)n1. The summed E-state index contributed by atoms with van der Waals surface area (Å²) in [6, 6.07) is 0. The number of aromatic nitrogens is 3. The summed E-state index contributed by atoms with van der Waals surface area (Å²) in [5, 5.41) is 9.03. The number of aliphatic hydroxyl groups is 1. The number of nitrogen functional groups attached to an aromatic ring is 2. The van der Waals surface area contributed by atoms with E-state index in [1.54, 1.807) is 0 Å². The second kappa shape index (κ2) is 5.21. The van der Waals surface area contributed by atoms with Crippen LogP contribution >= 0.6 is 0 Å². The zero-order valence-electron chi connectivity index (χ0n) is 9.41. The number of ether oxygens (including phenoxy) is 1. The van der Waals surface area contributed by atoms with Gasteiger partial charge in [-0.05, 0) is 0 Å². The highest BCUT2D eigenvalue weighted by atomic mass is 16.5. The molecule has 0 saturated carbocycles. The van der Waals surface area contributed by atoms with Crippen molar-refractivity contribution in [1.82, 2.24) is 19.9 Å². The molecule has 1 saturated heterocycles. The Hall–Kier alpha value is -1.51. The van der Waals surface area contributed by atoms with Gasteiger partial charge in [0.05, 0.1) is 25.9 Å². The summed E-state index contributed by atoms with van der Waals surface area (Å²) in [6.07, 6.45) is -0.153. The molecule has 0 aromatic carbocycles. The summed E-state index contributed by atoms with van der Waals surface area (Å²) < 4.78 is 5.35. The highest BCUT2D eigenvalue weighted by Gasteiger charge is 2.20. The lowest BCUT2D eigenvalue weighted by Crippen LogP contribution is -2.43. The fraction of sp³-hybridized carbons (Fsp3) is 0.667. The van der Waals surface area contributed by atoms with Crippen LogP contribution in [0.4, 0.5) is 11.9 Å². The molecule has 5 N–H and O–H groups in total. The minimum Gasteiger partial charge on any atom is -0.394 e. The van der Waals surface area contributed by atoms with E-state index in [1.807, 2.05) is 0 Å². The summed E-state index contributed by atoms with van der Waals surface area (Å²) in [4.78, 5) is 13.8. The van der Waals surface area contributed by atoms with Crippen molar-refractivity contribution in [1.29, 1.82) is 0 Å². The van der Waals surface area contributed by atoms with Crippen molar-refractivity contribution >= 4 is 11.9 Å². The molecule has 1 aromatic rings. The molecule has 0 radical (unpaired) electrons. The highest BCUT2D eigenvalue weighted by molar-refractivity contribution is 5.25. The molecule has 0 amide bonds. The molecule has 0 aliphatic carbocycles. The molecule has 94 valence electrons. The van der Waals surface area contributed by atoms with Gasteiger partial charge in [0.2, 0.25) is 11.9 Å². The van der Waals surface area contributed by atoms with Gasteiger partial charge in [0, 0.05) is 13.1 Å². The highest BCUT2D eigenvalue weighted by Crippen LogP contribution is 2.08. The summed E-state index contributed by atoms with van der Waals surface area (Å²) >= 11 is 0. The van der Waals surface area contributed by atoms with Crippen LogP contribution in [-0.2, 0) is 11.3 Å². The van der Waals surface area contributed by atoms with E-state index < -0.39 is 0 Å². The molecule has 1 unspecified atom stereocenters. The summed E-state index contributed by atoms with van der Waals surface area (Å²) in [5.41, 5.74) is 11.0. The van der Waals surface area contributed by atoms with E-state index in [0.29, 0.717) is 25.5 Å². The molecule has 8 nitrogen and oxygen atoms in total. The lowest BCUT2D eigenvalue weighted by Gasteiger charge is -2.31. The largest absolute Gasteiger partial charge is 0.394 e. The van der Waals surface area contributed by atoms with E-state index in [1.165, 1.54) is 0 Å². The number of nitrogens with zero attached hydrogens (tertiary/aromatic N) is 4. The van der Waals surface area contributed by atoms with E-state index in [9.17, 15) is 0 Å². The molecule has 8 heteroatoms. The lowest BCUT2D eigenvalue weighted by molar-refractivity contribution is -0.0556. The monoisotopic (exact) mass is 240 g/mol. The Bertz CT molecular complexity index is 367. The number of anilines is 2. The normalized spacial score (nSPS) is 21.6. The van der Waals surface area contributed by atoms with Gasteiger partial charge in [-0.1, -0.05) is 0 Å². The first-order valence-electron chi connectivity index (χ1n) is 5.38. The van der Waals surface area contributed by atoms with Crippen LogP contribution in [-0.4, -0.2) is 57.4 Å². The number of nitrogens with two attached hydrogens (primary N) is 2. The molecule has 0 bridgehead atoms. The van der Waals surface area contributed by atoms with Gasteiger partial charge in [0.1, 0.15) is 5.82 Å². The molecule has 1 aliphatic rings. The first kappa shape index (κ1) is 12.0. The van der Waals surface area contributed by atoms with Gasteiger partial charge >= 0.3 is 0 Å². The van der Waals surface area contributed by atoms with Gasteiger partial charge in [0.25, 0.3) is 0 Å². The molecular weight excluding hydrogens is 224 g/mol. The summed E-state index contributed by atoms with van der Waals surface area (Å²) in [6.45, 7) is 2.53. The summed E-state index contributed by atoms with van der Waals surface area (Å²) in [5.74, 6) is 0.785. The van der Waals surface area contributed by atoms with Crippen molar-refractivity contribution in [2.24, 2.45) is 0 Å². The number of rotatable bonds is 3. The third-order valence-electron chi connectivity index (χ3n) is 2.51. The van der Waals surface area contributed by atoms with Crippen LogP contribution in [0.3, 0.4) is 0 Å². The van der Waals surface area contributed by atoms with Gasteiger partial charge in [-0.3, -0.25) is 4.90 Å². The van der Waals surface area contributed by atoms with Crippen molar-refractivity contribution in [3.63, 3.8) is 0 Å². The standard InChI is InChI=1S/C9H16N6O2/c10-8-12-7(13-9(11)14-8)4-15-1-2-17-6(3-15)5-16/h6,16H,1-5H2,(H4,10,11,12,13,14). The Morgan fingerprint density at radius 2 is 2.00 bits per heavy atom. The maximum Gasteiger partial charge on any atom is 0.225 e. The Morgan fingerprint density at radius 3 is 2.65 bits per heavy atom. The van der Waals surface area contributed by atoms with Crippen LogP contribution in [0.15, 0.2) is 0 Å².